The van der Waals surface area contributed by atoms with Gasteiger partial charge in [-0.2, -0.15) is 0 Å². The fourth-order valence-electron chi connectivity index (χ4n) is 8.08. The Labute approximate surface area is 254 Å². The zero-order valence-electron chi connectivity index (χ0n) is 24.0. The number of aliphatic imine (C=N–C) groups is 2. The molecule has 5 aliphatic carbocycles. The van der Waals surface area contributed by atoms with Gasteiger partial charge in [0.1, 0.15) is 28.5 Å². The van der Waals surface area contributed by atoms with Crippen LogP contribution in [-0.2, 0) is 24.6 Å². The number of thiophene rings is 2. The second-order valence-corrected chi connectivity index (χ2v) is 14.8. The lowest BCUT2D eigenvalue weighted by atomic mass is 9.75. The minimum absolute atomic E-state index is 0.0597. The van der Waals surface area contributed by atoms with Gasteiger partial charge in [-0.05, 0) is 67.7 Å². The Balaban J connectivity index is 1.24. The predicted octanol–water partition coefficient (Wildman–Crippen LogP) is 7.05. The number of hydrogen-bond acceptors (Lipinski definition) is 8. The number of fused-ring (bicyclic) bond motifs is 5. The number of rotatable bonds is 4. The summed E-state index contributed by atoms with van der Waals surface area (Å²) in [6.07, 6.45) is -3.30. The zero-order valence-corrected chi connectivity index (χ0v) is 25.6. The summed E-state index contributed by atoms with van der Waals surface area (Å²) in [6, 6.07) is 3.84. The van der Waals surface area contributed by atoms with Crippen molar-refractivity contribution in [3.63, 3.8) is 0 Å². The molecule has 8 unspecified atom stereocenters. The normalized spacial score (nSPS) is 35.4. The van der Waals surface area contributed by atoms with Gasteiger partial charge in [0.15, 0.2) is 34.6 Å². The lowest BCUT2D eigenvalue weighted by Gasteiger charge is -2.30. The second-order valence-electron chi connectivity index (χ2n) is 12.7. The standard InChI is InChI=1S/C32H31F3N2O4S2/c1-4-32(5-2)17-10-22(36-24-26(38)13-6-12(3)19(33)7-14(13)27(24)39)42-30(17)31-18(32)11-23(43-31)37-25-28(40)15-8-20(34)21(35)9-16(15)29(25)41/h10-16,19-21H,4-9H2,1-3H3. The fraction of sp³-hybridized carbons (Fsp3) is 0.562. The first-order chi connectivity index (χ1) is 20.5. The topological polar surface area (TPSA) is 93.0 Å². The highest BCUT2D eigenvalue weighted by molar-refractivity contribution is 7.26. The lowest BCUT2D eigenvalue weighted by molar-refractivity contribution is -0.123. The van der Waals surface area contributed by atoms with E-state index in [1.807, 2.05) is 12.1 Å². The van der Waals surface area contributed by atoms with Crippen LogP contribution in [0.5, 0.6) is 0 Å². The lowest BCUT2D eigenvalue weighted by Crippen LogP contribution is -2.35. The molecule has 11 heteroatoms. The molecule has 226 valence electrons. The molecule has 5 aliphatic rings. The van der Waals surface area contributed by atoms with Gasteiger partial charge in [-0.15, -0.1) is 22.7 Å². The van der Waals surface area contributed by atoms with Crippen LogP contribution >= 0.6 is 22.7 Å². The van der Waals surface area contributed by atoms with E-state index in [-0.39, 0.29) is 53.6 Å². The van der Waals surface area contributed by atoms with Crippen molar-refractivity contribution in [1.82, 2.24) is 0 Å². The Bertz CT molecular complexity index is 1480. The Morgan fingerprint density at radius 3 is 1.44 bits per heavy atom. The summed E-state index contributed by atoms with van der Waals surface area (Å²) in [5.41, 5.74) is 1.39. The highest BCUT2D eigenvalue weighted by Gasteiger charge is 2.54. The van der Waals surface area contributed by atoms with Crippen LogP contribution in [0.2, 0.25) is 0 Å². The number of Topliss-reactive ketones (excluding diaryl/α,β-unsaturated/α-hetero) is 4. The molecular formula is C32H31F3N2O4S2. The van der Waals surface area contributed by atoms with Gasteiger partial charge in [0, 0.05) is 29.1 Å². The highest BCUT2D eigenvalue weighted by Crippen LogP contribution is 2.61. The molecule has 0 amide bonds. The van der Waals surface area contributed by atoms with E-state index in [2.05, 4.69) is 23.8 Å². The second kappa shape index (κ2) is 10.1. The van der Waals surface area contributed by atoms with Crippen molar-refractivity contribution >= 4 is 67.2 Å². The van der Waals surface area contributed by atoms with E-state index in [9.17, 15) is 32.3 Å². The smallest absolute Gasteiger partial charge is 0.188 e. The average molecular weight is 629 g/mol. The molecule has 0 aromatic carbocycles. The molecule has 2 heterocycles. The third kappa shape index (κ3) is 4.09. The number of alkyl halides is 3. The molecule has 7 rings (SSSR count). The van der Waals surface area contributed by atoms with Crippen LogP contribution in [0.4, 0.5) is 23.2 Å². The third-order valence-corrected chi connectivity index (χ3v) is 12.9. The molecular weight excluding hydrogens is 597 g/mol. The summed E-state index contributed by atoms with van der Waals surface area (Å²) >= 11 is 2.72. The maximum Gasteiger partial charge on any atom is 0.188 e. The summed E-state index contributed by atoms with van der Waals surface area (Å²) in [5.74, 6) is -4.82. The number of halogens is 3. The van der Waals surface area contributed by atoms with Crippen molar-refractivity contribution in [2.24, 2.45) is 39.6 Å². The van der Waals surface area contributed by atoms with Gasteiger partial charge >= 0.3 is 0 Å². The number of hydrogen-bond donors (Lipinski definition) is 0. The van der Waals surface area contributed by atoms with Gasteiger partial charge in [-0.1, -0.05) is 20.8 Å². The highest BCUT2D eigenvalue weighted by atomic mass is 32.1. The maximum atomic E-state index is 14.4. The third-order valence-electron chi connectivity index (χ3n) is 10.7. The van der Waals surface area contributed by atoms with Gasteiger partial charge in [0.2, 0.25) is 0 Å². The van der Waals surface area contributed by atoms with Crippen molar-refractivity contribution in [2.45, 2.75) is 83.2 Å². The van der Waals surface area contributed by atoms with Crippen molar-refractivity contribution in [3.8, 4) is 9.75 Å². The van der Waals surface area contributed by atoms with E-state index in [0.29, 0.717) is 16.4 Å². The van der Waals surface area contributed by atoms with Crippen LogP contribution in [0, 0.1) is 29.6 Å². The van der Waals surface area contributed by atoms with Crippen molar-refractivity contribution < 1.29 is 32.3 Å². The maximum absolute atomic E-state index is 14.4. The average Bonchev–Trinajstić information content (AvgIpc) is 3.74. The Morgan fingerprint density at radius 1 is 0.674 bits per heavy atom. The monoisotopic (exact) mass is 628 g/mol. The molecule has 2 aromatic heterocycles. The number of nitrogens with zero attached hydrogens (tertiary/aromatic N) is 2. The van der Waals surface area contributed by atoms with Gasteiger partial charge in [-0.25, -0.2) is 23.2 Å². The quantitative estimate of drug-likeness (QED) is 0.363. The first-order valence-electron chi connectivity index (χ1n) is 15.0. The summed E-state index contributed by atoms with van der Waals surface area (Å²) < 4.78 is 42.4. The molecule has 0 radical (unpaired) electrons. The molecule has 0 saturated heterocycles. The Morgan fingerprint density at radius 2 is 1.05 bits per heavy atom. The van der Waals surface area contributed by atoms with E-state index >= 15 is 0 Å². The first-order valence-corrected chi connectivity index (χ1v) is 16.7. The molecule has 43 heavy (non-hydrogen) atoms. The van der Waals surface area contributed by atoms with Gasteiger partial charge in [0.05, 0.1) is 9.75 Å². The van der Waals surface area contributed by atoms with Crippen LogP contribution < -0.4 is 0 Å². The zero-order chi connectivity index (χ0) is 30.5. The van der Waals surface area contributed by atoms with E-state index in [0.717, 1.165) is 33.7 Å². The summed E-state index contributed by atoms with van der Waals surface area (Å²) in [7, 11) is 0. The summed E-state index contributed by atoms with van der Waals surface area (Å²) in [5, 5.41) is 1.02. The van der Waals surface area contributed by atoms with Crippen molar-refractivity contribution in [2.75, 3.05) is 0 Å². The number of ketones is 4. The SMILES string of the molecule is CCC1(CC)c2cc(N=C3C(=O)C4CC(C)C(F)CC4C3=O)sc2-c2sc(N=C3C(=O)C4CC(F)C(F)CC4C3=O)cc21. The fourth-order valence-corrected chi connectivity index (χ4v) is 10.5. The molecule has 0 aliphatic heterocycles. The summed E-state index contributed by atoms with van der Waals surface area (Å²) in [4.78, 5) is 63.4. The van der Waals surface area contributed by atoms with Crippen molar-refractivity contribution in [1.29, 1.82) is 0 Å². The van der Waals surface area contributed by atoms with Gasteiger partial charge in [0.25, 0.3) is 0 Å². The number of carbonyl (C=O) groups is 4. The molecule has 0 N–H and O–H groups in total. The summed E-state index contributed by atoms with van der Waals surface area (Å²) in [6.45, 7) is 5.93. The largest absolute Gasteiger partial charge is 0.292 e. The first kappa shape index (κ1) is 29.0. The van der Waals surface area contributed by atoms with Gasteiger partial charge < -0.3 is 0 Å². The molecule has 6 nitrogen and oxygen atoms in total. The minimum atomic E-state index is -1.75. The van der Waals surface area contributed by atoms with E-state index in [1.54, 1.807) is 6.92 Å². The van der Waals surface area contributed by atoms with E-state index in [1.165, 1.54) is 22.7 Å². The van der Waals surface area contributed by atoms with Crippen molar-refractivity contribution in [3.05, 3.63) is 23.3 Å². The van der Waals surface area contributed by atoms with Gasteiger partial charge in [-0.3, -0.25) is 19.2 Å². The van der Waals surface area contributed by atoms with Crippen LogP contribution in [-0.4, -0.2) is 53.1 Å². The Kier molecular flexibility index (Phi) is 6.81. The minimum Gasteiger partial charge on any atom is -0.292 e. The van der Waals surface area contributed by atoms with Crippen LogP contribution in [0.1, 0.15) is 70.4 Å². The van der Waals surface area contributed by atoms with Crippen LogP contribution in [0.3, 0.4) is 0 Å². The van der Waals surface area contributed by atoms with Crippen LogP contribution in [0.25, 0.3) is 9.75 Å². The molecule has 4 fully saturated rings. The number of carbonyl (C=O) groups excluding carboxylic acids is 4. The predicted molar refractivity (Wildman–Crippen MR) is 159 cm³/mol. The molecule has 0 bridgehead atoms. The molecule has 0 spiro atoms. The molecule has 8 atom stereocenters. The van der Waals surface area contributed by atoms with E-state index < -0.39 is 53.8 Å². The van der Waals surface area contributed by atoms with Crippen LogP contribution in [0.15, 0.2) is 22.1 Å². The molecule has 4 saturated carbocycles. The van der Waals surface area contributed by atoms with E-state index in [4.69, 9.17) is 0 Å². The Hall–Kier alpha value is -2.79. The molecule has 2 aromatic rings.